The highest BCUT2D eigenvalue weighted by atomic mass is 16.6. The molecule has 0 aromatic heterocycles. The first-order valence-electron chi connectivity index (χ1n) is 9.95. The van der Waals surface area contributed by atoms with Crippen molar-refractivity contribution >= 4 is 23.4 Å². The van der Waals surface area contributed by atoms with Gasteiger partial charge in [0.25, 0.3) is 0 Å². The molecule has 1 aromatic carbocycles. The van der Waals surface area contributed by atoms with Crippen LogP contribution >= 0.6 is 0 Å². The average molecular weight is 409 g/mol. The van der Waals surface area contributed by atoms with Crippen LogP contribution in [0.1, 0.15) is 40.5 Å². The van der Waals surface area contributed by atoms with Gasteiger partial charge >= 0.3 is 6.09 Å². The Morgan fingerprint density at radius 3 is 2.45 bits per heavy atom. The zero-order valence-corrected chi connectivity index (χ0v) is 18.6. The topological polar surface area (TPSA) is 97.1 Å². The monoisotopic (exact) mass is 408 g/mol. The summed E-state index contributed by atoms with van der Waals surface area (Å²) < 4.78 is 10.6. The number of amides is 2. The summed E-state index contributed by atoms with van der Waals surface area (Å²) in [5.74, 6) is 0.466. The Balaban J connectivity index is 2.39. The SMILES string of the molecule is CCN(CCCC(=O)Nc1ccc(N)cc1OC)CCN(C)C(=O)OC(C)(C)C. The lowest BCUT2D eigenvalue weighted by molar-refractivity contribution is -0.116. The lowest BCUT2D eigenvalue weighted by Crippen LogP contribution is -2.39. The van der Waals surface area contributed by atoms with E-state index >= 15 is 0 Å². The first-order valence-corrected chi connectivity index (χ1v) is 9.95. The average Bonchev–Trinajstić information content (AvgIpc) is 2.64. The van der Waals surface area contributed by atoms with E-state index in [1.165, 1.54) is 7.11 Å². The van der Waals surface area contributed by atoms with Crippen molar-refractivity contribution in [2.45, 2.75) is 46.1 Å². The summed E-state index contributed by atoms with van der Waals surface area (Å²) in [7, 11) is 3.27. The molecule has 0 aliphatic rings. The molecule has 1 rings (SSSR count). The second-order valence-corrected chi connectivity index (χ2v) is 7.95. The van der Waals surface area contributed by atoms with E-state index in [0.29, 0.717) is 36.5 Å². The second kappa shape index (κ2) is 11.5. The van der Waals surface area contributed by atoms with Crippen LogP contribution in [-0.4, -0.2) is 67.7 Å². The lowest BCUT2D eigenvalue weighted by Gasteiger charge is -2.27. The maximum absolute atomic E-state index is 12.2. The third kappa shape index (κ3) is 9.51. The minimum absolute atomic E-state index is 0.0741. The summed E-state index contributed by atoms with van der Waals surface area (Å²) in [5, 5.41) is 2.86. The number of likely N-dealkylation sites (N-methyl/N-ethyl adjacent to an activating group) is 2. The molecular weight excluding hydrogens is 372 g/mol. The van der Waals surface area contributed by atoms with Gasteiger partial charge in [0.2, 0.25) is 5.91 Å². The van der Waals surface area contributed by atoms with Crippen molar-refractivity contribution in [1.82, 2.24) is 9.80 Å². The number of nitrogens with zero attached hydrogens (tertiary/aromatic N) is 2. The molecule has 0 unspecified atom stereocenters. The van der Waals surface area contributed by atoms with Gasteiger partial charge in [-0.3, -0.25) is 4.79 Å². The maximum atomic E-state index is 12.2. The molecule has 0 saturated carbocycles. The molecule has 0 aliphatic heterocycles. The molecule has 0 bridgehead atoms. The smallest absolute Gasteiger partial charge is 0.410 e. The number of carbonyl (C=O) groups is 2. The number of hydrogen-bond donors (Lipinski definition) is 2. The van der Waals surface area contributed by atoms with Crippen LogP contribution in [-0.2, 0) is 9.53 Å². The Bertz CT molecular complexity index is 673. The summed E-state index contributed by atoms with van der Waals surface area (Å²) in [5.41, 5.74) is 6.41. The largest absolute Gasteiger partial charge is 0.494 e. The normalized spacial score (nSPS) is 11.3. The Morgan fingerprint density at radius 2 is 1.86 bits per heavy atom. The van der Waals surface area contributed by atoms with Crippen LogP contribution < -0.4 is 15.8 Å². The van der Waals surface area contributed by atoms with Gasteiger partial charge in [-0.15, -0.1) is 0 Å². The summed E-state index contributed by atoms with van der Waals surface area (Å²) in [4.78, 5) is 28.0. The molecule has 0 aliphatic carbocycles. The number of benzene rings is 1. The predicted octanol–water partition coefficient (Wildman–Crippen LogP) is 3.18. The number of nitrogens with one attached hydrogen (secondary N) is 1. The summed E-state index contributed by atoms with van der Waals surface area (Å²) in [6.45, 7) is 10.5. The van der Waals surface area contributed by atoms with Crippen LogP contribution in [0, 0.1) is 0 Å². The quantitative estimate of drug-likeness (QED) is 0.577. The number of nitrogen functional groups attached to an aromatic ring is 1. The standard InChI is InChI=1S/C21H36N4O4/c1-7-25(14-13-24(5)20(27)29-21(2,3)4)12-8-9-19(26)23-17-11-10-16(22)15-18(17)28-6/h10-11,15H,7-9,12-14,22H2,1-6H3,(H,23,26). The van der Waals surface area contributed by atoms with Crippen molar-refractivity contribution in [3.63, 3.8) is 0 Å². The highest BCUT2D eigenvalue weighted by Crippen LogP contribution is 2.26. The second-order valence-electron chi connectivity index (χ2n) is 7.95. The Kier molecular flexibility index (Phi) is 9.74. The highest BCUT2D eigenvalue weighted by Gasteiger charge is 2.19. The summed E-state index contributed by atoms with van der Waals surface area (Å²) in [6, 6.07) is 5.13. The molecule has 8 heteroatoms. The molecule has 3 N–H and O–H groups in total. The molecule has 0 spiro atoms. The summed E-state index contributed by atoms with van der Waals surface area (Å²) >= 11 is 0. The molecule has 29 heavy (non-hydrogen) atoms. The number of methoxy groups -OCH3 is 1. The Morgan fingerprint density at radius 1 is 1.17 bits per heavy atom. The molecule has 0 fully saturated rings. The number of anilines is 2. The summed E-state index contributed by atoms with van der Waals surface area (Å²) in [6.07, 6.45) is 0.782. The Labute approximate surface area is 174 Å². The van der Waals surface area contributed by atoms with E-state index in [-0.39, 0.29) is 12.0 Å². The minimum atomic E-state index is -0.504. The van der Waals surface area contributed by atoms with Gasteiger partial charge in [0.05, 0.1) is 12.8 Å². The van der Waals surface area contributed by atoms with E-state index in [2.05, 4.69) is 17.1 Å². The van der Waals surface area contributed by atoms with Crippen LogP contribution in [0.4, 0.5) is 16.2 Å². The van der Waals surface area contributed by atoms with E-state index in [4.69, 9.17) is 15.2 Å². The molecule has 8 nitrogen and oxygen atoms in total. The lowest BCUT2D eigenvalue weighted by atomic mass is 10.2. The molecule has 1 aromatic rings. The molecule has 0 heterocycles. The van der Waals surface area contributed by atoms with Crippen LogP contribution in [0.5, 0.6) is 5.75 Å². The van der Waals surface area contributed by atoms with Gasteiger partial charge in [-0.25, -0.2) is 4.79 Å². The van der Waals surface area contributed by atoms with E-state index in [0.717, 1.165) is 19.6 Å². The molecule has 164 valence electrons. The minimum Gasteiger partial charge on any atom is -0.494 e. The fraction of sp³-hybridized carbons (Fsp3) is 0.619. The van der Waals surface area contributed by atoms with Crippen molar-refractivity contribution in [2.75, 3.05) is 51.4 Å². The van der Waals surface area contributed by atoms with Gasteiger partial charge in [-0.1, -0.05) is 6.92 Å². The molecule has 0 radical (unpaired) electrons. The molecule has 0 saturated heterocycles. The van der Waals surface area contributed by atoms with Crippen molar-refractivity contribution in [3.8, 4) is 5.75 Å². The number of ether oxygens (including phenoxy) is 2. The first-order chi connectivity index (χ1) is 13.6. The van der Waals surface area contributed by atoms with Crippen molar-refractivity contribution < 1.29 is 19.1 Å². The van der Waals surface area contributed by atoms with Crippen LogP contribution in [0.15, 0.2) is 18.2 Å². The number of carbonyl (C=O) groups excluding carboxylic acids is 2. The zero-order chi connectivity index (χ0) is 22.0. The van der Waals surface area contributed by atoms with Gasteiger partial charge in [0, 0.05) is 38.3 Å². The van der Waals surface area contributed by atoms with E-state index in [9.17, 15) is 9.59 Å². The molecule has 2 amide bonds. The third-order valence-electron chi connectivity index (χ3n) is 4.28. The van der Waals surface area contributed by atoms with Crippen LogP contribution in [0.3, 0.4) is 0 Å². The van der Waals surface area contributed by atoms with E-state index < -0.39 is 5.60 Å². The first kappa shape index (κ1) is 24.6. The van der Waals surface area contributed by atoms with Crippen molar-refractivity contribution in [1.29, 1.82) is 0 Å². The van der Waals surface area contributed by atoms with Gasteiger partial charge in [0.1, 0.15) is 11.4 Å². The number of hydrogen-bond acceptors (Lipinski definition) is 6. The number of nitrogens with two attached hydrogens (primary N) is 1. The van der Waals surface area contributed by atoms with Gasteiger partial charge < -0.3 is 30.3 Å². The highest BCUT2D eigenvalue weighted by molar-refractivity contribution is 5.92. The van der Waals surface area contributed by atoms with E-state index in [1.54, 1.807) is 30.1 Å². The number of rotatable bonds is 10. The van der Waals surface area contributed by atoms with Crippen molar-refractivity contribution in [2.24, 2.45) is 0 Å². The fourth-order valence-corrected chi connectivity index (χ4v) is 2.64. The van der Waals surface area contributed by atoms with Gasteiger partial charge in [-0.2, -0.15) is 0 Å². The Hall–Kier alpha value is -2.48. The molecular formula is C21H36N4O4. The van der Waals surface area contributed by atoms with Crippen molar-refractivity contribution in [3.05, 3.63) is 18.2 Å². The van der Waals surface area contributed by atoms with E-state index in [1.807, 2.05) is 20.8 Å². The van der Waals surface area contributed by atoms with Crippen LogP contribution in [0.2, 0.25) is 0 Å². The van der Waals surface area contributed by atoms with Gasteiger partial charge in [-0.05, 0) is 52.4 Å². The predicted molar refractivity (Wildman–Crippen MR) is 116 cm³/mol. The van der Waals surface area contributed by atoms with Crippen LogP contribution in [0.25, 0.3) is 0 Å². The zero-order valence-electron chi connectivity index (χ0n) is 18.6. The third-order valence-corrected chi connectivity index (χ3v) is 4.28. The van der Waals surface area contributed by atoms with Gasteiger partial charge in [0.15, 0.2) is 0 Å². The molecule has 0 atom stereocenters. The fourth-order valence-electron chi connectivity index (χ4n) is 2.64. The maximum Gasteiger partial charge on any atom is 0.410 e.